The summed E-state index contributed by atoms with van der Waals surface area (Å²) in [5.41, 5.74) is 2.52. The van der Waals surface area contributed by atoms with Gasteiger partial charge in [0.15, 0.2) is 0 Å². The molecule has 0 aromatic heterocycles. The molecule has 2 atom stereocenters. The van der Waals surface area contributed by atoms with E-state index in [-0.39, 0.29) is 18.7 Å². The number of benzene rings is 1. The number of hydrogen-bond donors (Lipinski definition) is 2. The predicted molar refractivity (Wildman–Crippen MR) is 65.5 cm³/mol. The minimum absolute atomic E-state index is 0.0143. The standard InChI is InChI=1S/C13H21NO2/c1-10-6-4-5-7-13(10)11(2)14-12(8-15)9-16-3/h4-7,11-12,14-15H,8-9H2,1-3H3. The molecule has 3 heteroatoms. The van der Waals surface area contributed by atoms with Crippen LogP contribution in [0.1, 0.15) is 24.1 Å². The highest BCUT2D eigenvalue weighted by molar-refractivity contribution is 5.28. The number of aliphatic hydroxyl groups excluding tert-OH is 1. The molecule has 90 valence electrons. The second kappa shape index (κ2) is 6.63. The largest absolute Gasteiger partial charge is 0.395 e. The van der Waals surface area contributed by atoms with Crippen LogP contribution in [0.25, 0.3) is 0 Å². The third-order valence-electron chi connectivity index (χ3n) is 2.73. The number of hydrogen-bond acceptors (Lipinski definition) is 3. The lowest BCUT2D eigenvalue weighted by atomic mass is 10.0. The molecule has 3 nitrogen and oxygen atoms in total. The molecule has 0 amide bonds. The zero-order chi connectivity index (χ0) is 12.0. The van der Waals surface area contributed by atoms with Gasteiger partial charge in [-0.1, -0.05) is 24.3 Å². The highest BCUT2D eigenvalue weighted by atomic mass is 16.5. The molecule has 0 aliphatic carbocycles. The second-order valence-electron chi connectivity index (χ2n) is 4.08. The quantitative estimate of drug-likeness (QED) is 0.770. The first kappa shape index (κ1) is 13.2. The summed E-state index contributed by atoms with van der Waals surface area (Å²) in [7, 11) is 1.64. The molecule has 0 heterocycles. The second-order valence-corrected chi connectivity index (χ2v) is 4.08. The van der Waals surface area contributed by atoms with Crippen LogP contribution in [0.15, 0.2) is 24.3 Å². The summed E-state index contributed by atoms with van der Waals surface area (Å²) >= 11 is 0. The molecule has 0 saturated heterocycles. The van der Waals surface area contributed by atoms with Crippen LogP contribution in [0.4, 0.5) is 0 Å². The molecule has 1 aromatic rings. The van der Waals surface area contributed by atoms with Crippen molar-refractivity contribution in [2.45, 2.75) is 25.9 Å². The fraction of sp³-hybridized carbons (Fsp3) is 0.538. The first-order valence-corrected chi connectivity index (χ1v) is 5.60. The normalized spacial score (nSPS) is 14.8. The molecular formula is C13H21NO2. The average molecular weight is 223 g/mol. The van der Waals surface area contributed by atoms with E-state index in [1.165, 1.54) is 11.1 Å². The summed E-state index contributed by atoms with van der Waals surface area (Å²) in [6.45, 7) is 4.80. The van der Waals surface area contributed by atoms with Gasteiger partial charge in [0.1, 0.15) is 0 Å². The summed E-state index contributed by atoms with van der Waals surface area (Å²) in [6, 6.07) is 8.47. The van der Waals surface area contributed by atoms with E-state index in [4.69, 9.17) is 4.74 Å². The van der Waals surface area contributed by atoms with Crippen molar-refractivity contribution in [3.05, 3.63) is 35.4 Å². The first-order chi connectivity index (χ1) is 7.69. The Hall–Kier alpha value is -0.900. The van der Waals surface area contributed by atoms with Gasteiger partial charge in [0.05, 0.1) is 19.3 Å². The monoisotopic (exact) mass is 223 g/mol. The molecule has 1 aromatic carbocycles. The smallest absolute Gasteiger partial charge is 0.0638 e. The Morgan fingerprint density at radius 2 is 2.06 bits per heavy atom. The van der Waals surface area contributed by atoms with Gasteiger partial charge in [0.25, 0.3) is 0 Å². The Morgan fingerprint density at radius 3 is 2.62 bits per heavy atom. The van der Waals surface area contributed by atoms with Gasteiger partial charge in [-0.25, -0.2) is 0 Å². The Morgan fingerprint density at radius 1 is 1.38 bits per heavy atom. The molecule has 0 aliphatic heterocycles. The number of aryl methyl sites for hydroxylation is 1. The molecule has 0 bridgehead atoms. The third kappa shape index (κ3) is 3.59. The zero-order valence-electron chi connectivity index (χ0n) is 10.2. The number of nitrogens with one attached hydrogen (secondary N) is 1. The summed E-state index contributed by atoms with van der Waals surface area (Å²) in [6.07, 6.45) is 0. The van der Waals surface area contributed by atoms with Crippen LogP contribution in [-0.4, -0.2) is 31.5 Å². The molecule has 2 N–H and O–H groups in total. The Balaban J connectivity index is 2.64. The topological polar surface area (TPSA) is 41.5 Å². The maximum Gasteiger partial charge on any atom is 0.0638 e. The maximum absolute atomic E-state index is 9.18. The van der Waals surface area contributed by atoms with Crippen LogP contribution in [0.2, 0.25) is 0 Å². The minimum atomic E-state index is -0.0143. The lowest BCUT2D eigenvalue weighted by Gasteiger charge is -2.22. The van der Waals surface area contributed by atoms with Crippen LogP contribution < -0.4 is 5.32 Å². The van der Waals surface area contributed by atoms with Gasteiger partial charge in [-0.3, -0.25) is 0 Å². The van der Waals surface area contributed by atoms with Gasteiger partial charge in [-0.15, -0.1) is 0 Å². The van der Waals surface area contributed by atoms with Gasteiger partial charge in [-0.05, 0) is 25.0 Å². The highest BCUT2D eigenvalue weighted by Crippen LogP contribution is 2.17. The van der Waals surface area contributed by atoms with Crippen LogP contribution in [0, 0.1) is 6.92 Å². The number of ether oxygens (including phenoxy) is 1. The van der Waals surface area contributed by atoms with Crippen molar-refractivity contribution in [3.8, 4) is 0 Å². The number of methoxy groups -OCH3 is 1. The summed E-state index contributed by atoms with van der Waals surface area (Å²) < 4.78 is 5.04. The summed E-state index contributed by atoms with van der Waals surface area (Å²) in [5.74, 6) is 0. The van der Waals surface area contributed by atoms with Crippen molar-refractivity contribution in [1.82, 2.24) is 5.32 Å². The molecule has 0 fully saturated rings. The van der Waals surface area contributed by atoms with Gasteiger partial charge in [0.2, 0.25) is 0 Å². The molecule has 16 heavy (non-hydrogen) atoms. The van der Waals surface area contributed by atoms with Crippen molar-refractivity contribution in [1.29, 1.82) is 0 Å². The molecular weight excluding hydrogens is 202 g/mol. The Kier molecular flexibility index (Phi) is 5.46. The van der Waals surface area contributed by atoms with Gasteiger partial charge >= 0.3 is 0 Å². The van der Waals surface area contributed by atoms with E-state index in [1.54, 1.807) is 7.11 Å². The van der Waals surface area contributed by atoms with Gasteiger partial charge < -0.3 is 15.2 Å². The maximum atomic E-state index is 9.18. The highest BCUT2D eigenvalue weighted by Gasteiger charge is 2.13. The van der Waals surface area contributed by atoms with E-state index >= 15 is 0 Å². The summed E-state index contributed by atoms with van der Waals surface area (Å²) in [5, 5.41) is 12.5. The first-order valence-electron chi connectivity index (χ1n) is 5.60. The molecule has 0 saturated carbocycles. The number of rotatable bonds is 6. The number of aliphatic hydroxyl groups is 1. The van der Waals surface area contributed by atoms with Crippen molar-refractivity contribution in [3.63, 3.8) is 0 Å². The van der Waals surface area contributed by atoms with Gasteiger partial charge in [-0.2, -0.15) is 0 Å². The molecule has 2 unspecified atom stereocenters. The minimum Gasteiger partial charge on any atom is -0.395 e. The van der Waals surface area contributed by atoms with Crippen molar-refractivity contribution in [2.75, 3.05) is 20.3 Å². The fourth-order valence-corrected chi connectivity index (χ4v) is 1.87. The molecule has 0 radical (unpaired) electrons. The molecule has 0 spiro atoms. The predicted octanol–water partition coefficient (Wildman–Crippen LogP) is 1.65. The van der Waals surface area contributed by atoms with Gasteiger partial charge in [0, 0.05) is 13.2 Å². The van der Waals surface area contributed by atoms with Crippen LogP contribution in [-0.2, 0) is 4.74 Å². The van der Waals surface area contributed by atoms with E-state index in [1.807, 2.05) is 12.1 Å². The SMILES string of the molecule is COCC(CO)NC(C)c1ccccc1C. The van der Waals surface area contributed by atoms with Crippen molar-refractivity contribution in [2.24, 2.45) is 0 Å². The Labute approximate surface area is 97.4 Å². The lowest BCUT2D eigenvalue weighted by Crippen LogP contribution is -2.38. The van der Waals surface area contributed by atoms with E-state index < -0.39 is 0 Å². The lowest BCUT2D eigenvalue weighted by molar-refractivity contribution is 0.123. The Bertz CT molecular complexity index is 315. The van der Waals surface area contributed by atoms with Crippen molar-refractivity contribution >= 4 is 0 Å². The fourth-order valence-electron chi connectivity index (χ4n) is 1.87. The van der Waals surface area contributed by atoms with Crippen LogP contribution in [0.3, 0.4) is 0 Å². The van der Waals surface area contributed by atoms with E-state index in [0.717, 1.165) is 0 Å². The van der Waals surface area contributed by atoms with Crippen LogP contribution >= 0.6 is 0 Å². The van der Waals surface area contributed by atoms with Crippen molar-refractivity contribution < 1.29 is 9.84 Å². The summed E-state index contributed by atoms with van der Waals surface area (Å²) in [4.78, 5) is 0. The molecule has 1 rings (SSSR count). The third-order valence-corrected chi connectivity index (χ3v) is 2.73. The zero-order valence-corrected chi connectivity index (χ0v) is 10.2. The van der Waals surface area contributed by atoms with E-state index in [2.05, 4.69) is 31.3 Å². The van der Waals surface area contributed by atoms with Crippen LogP contribution in [0.5, 0.6) is 0 Å². The average Bonchev–Trinajstić information content (AvgIpc) is 2.28. The molecule has 0 aliphatic rings. The van der Waals surface area contributed by atoms with E-state index in [0.29, 0.717) is 6.61 Å². The van der Waals surface area contributed by atoms with E-state index in [9.17, 15) is 5.11 Å².